The smallest absolute Gasteiger partial charge is 0.122 e. The van der Waals surface area contributed by atoms with E-state index in [4.69, 9.17) is 4.74 Å². The van der Waals surface area contributed by atoms with Crippen LogP contribution in [0.1, 0.15) is 45.2 Å². The Kier molecular flexibility index (Phi) is 4.95. The lowest BCUT2D eigenvalue weighted by Crippen LogP contribution is -2.38. The number of aryl methyl sites for hydroxylation is 1. The molecule has 0 aliphatic rings. The number of benzene rings is 2. The third kappa shape index (κ3) is 3.52. The normalized spacial score (nSPS) is 14.4. The van der Waals surface area contributed by atoms with E-state index in [0.717, 1.165) is 18.8 Å². The van der Waals surface area contributed by atoms with E-state index in [1.807, 2.05) is 18.2 Å². The first kappa shape index (κ1) is 16.6. The molecular formula is C21H28O. The van der Waals surface area contributed by atoms with Crippen LogP contribution in [0.2, 0.25) is 0 Å². The highest BCUT2D eigenvalue weighted by Gasteiger charge is 2.38. The minimum absolute atomic E-state index is 0.0803. The van der Waals surface area contributed by atoms with Gasteiger partial charge >= 0.3 is 0 Å². The number of hydrogen-bond donors (Lipinski definition) is 0. The van der Waals surface area contributed by atoms with E-state index in [0.29, 0.717) is 0 Å². The van der Waals surface area contributed by atoms with Gasteiger partial charge in [-0.15, -0.1) is 0 Å². The molecule has 0 saturated heterocycles. The maximum Gasteiger partial charge on any atom is 0.122 e. The first-order valence-corrected chi connectivity index (χ1v) is 8.08. The van der Waals surface area contributed by atoms with E-state index in [1.54, 1.807) is 0 Å². The molecule has 0 spiro atoms. The van der Waals surface area contributed by atoms with Crippen LogP contribution < -0.4 is 4.74 Å². The molecule has 0 N–H and O–H groups in total. The summed E-state index contributed by atoms with van der Waals surface area (Å²) in [7, 11) is 0. The second kappa shape index (κ2) is 6.56. The van der Waals surface area contributed by atoms with Crippen molar-refractivity contribution in [3.05, 3.63) is 65.7 Å². The van der Waals surface area contributed by atoms with Gasteiger partial charge in [0.15, 0.2) is 0 Å². The van der Waals surface area contributed by atoms with Crippen LogP contribution in [0, 0.1) is 12.3 Å². The van der Waals surface area contributed by atoms with Crippen molar-refractivity contribution in [2.45, 2.75) is 46.5 Å². The predicted molar refractivity (Wildman–Crippen MR) is 94.5 cm³/mol. The molecule has 0 aliphatic heterocycles. The van der Waals surface area contributed by atoms with E-state index >= 15 is 0 Å². The first-order chi connectivity index (χ1) is 10.3. The lowest BCUT2D eigenvalue weighted by molar-refractivity contribution is 0.154. The van der Waals surface area contributed by atoms with Crippen molar-refractivity contribution >= 4 is 0 Å². The van der Waals surface area contributed by atoms with Crippen LogP contribution in [0.4, 0.5) is 0 Å². The fraction of sp³-hybridized carbons (Fsp3) is 0.429. The van der Waals surface area contributed by atoms with Gasteiger partial charge in [0.2, 0.25) is 0 Å². The molecule has 0 heterocycles. The van der Waals surface area contributed by atoms with Gasteiger partial charge in [0.05, 0.1) is 6.61 Å². The molecule has 0 amide bonds. The predicted octanol–water partition coefficient (Wildman–Crippen LogP) is 5.77. The fourth-order valence-electron chi connectivity index (χ4n) is 2.84. The van der Waals surface area contributed by atoms with Crippen molar-refractivity contribution in [1.82, 2.24) is 0 Å². The van der Waals surface area contributed by atoms with Crippen molar-refractivity contribution in [3.63, 3.8) is 0 Å². The SMILES string of the molecule is Cc1ccccc1OCCC(C)(c1ccccc1)C(C)(C)C. The van der Waals surface area contributed by atoms with E-state index in [2.05, 4.69) is 71.0 Å². The monoisotopic (exact) mass is 296 g/mol. The first-order valence-electron chi connectivity index (χ1n) is 8.08. The van der Waals surface area contributed by atoms with Crippen molar-refractivity contribution in [2.75, 3.05) is 6.61 Å². The second-order valence-electron chi connectivity index (χ2n) is 7.31. The summed E-state index contributed by atoms with van der Waals surface area (Å²) in [5.41, 5.74) is 2.83. The van der Waals surface area contributed by atoms with Gasteiger partial charge in [0.25, 0.3) is 0 Å². The van der Waals surface area contributed by atoms with Crippen LogP contribution in [0.25, 0.3) is 0 Å². The molecule has 2 aromatic rings. The molecule has 118 valence electrons. The molecule has 2 rings (SSSR count). The molecule has 1 heteroatoms. The van der Waals surface area contributed by atoms with Crippen molar-refractivity contribution < 1.29 is 4.74 Å². The molecule has 0 aromatic heterocycles. The third-order valence-electron chi connectivity index (χ3n) is 5.02. The molecule has 1 nitrogen and oxygen atoms in total. The Balaban J connectivity index is 2.14. The summed E-state index contributed by atoms with van der Waals surface area (Å²) >= 11 is 0. The topological polar surface area (TPSA) is 9.23 Å². The zero-order valence-corrected chi connectivity index (χ0v) is 14.5. The van der Waals surface area contributed by atoms with Gasteiger partial charge in [-0.3, -0.25) is 0 Å². The molecule has 0 saturated carbocycles. The summed E-state index contributed by atoms with van der Waals surface area (Å²) in [5.74, 6) is 0.992. The molecule has 22 heavy (non-hydrogen) atoms. The molecule has 0 aliphatic carbocycles. The Hall–Kier alpha value is -1.76. The zero-order valence-electron chi connectivity index (χ0n) is 14.5. The van der Waals surface area contributed by atoms with Crippen LogP contribution in [-0.4, -0.2) is 6.61 Å². The lowest BCUT2D eigenvalue weighted by Gasteiger charge is -2.42. The minimum Gasteiger partial charge on any atom is -0.493 e. The third-order valence-corrected chi connectivity index (χ3v) is 5.02. The average Bonchev–Trinajstić information content (AvgIpc) is 2.49. The summed E-state index contributed by atoms with van der Waals surface area (Å²) in [6.07, 6.45) is 0.995. The Labute approximate surface area is 135 Å². The van der Waals surface area contributed by atoms with Crippen LogP contribution in [-0.2, 0) is 5.41 Å². The van der Waals surface area contributed by atoms with E-state index in [9.17, 15) is 0 Å². The van der Waals surface area contributed by atoms with Gasteiger partial charge in [-0.1, -0.05) is 76.2 Å². The Morgan fingerprint density at radius 1 is 0.818 bits per heavy atom. The molecule has 2 aromatic carbocycles. The number of ether oxygens (including phenoxy) is 1. The Bertz CT molecular complexity index is 595. The summed E-state index contributed by atoms with van der Waals surface area (Å²) in [4.78, 5) is 0. The summed E-state index contributed by atoms with van der Waals surface area (Å²) < 4.78 is 6.05. The summed E-state index contributed by atoms with van der Waals surface area (Å²) in [6, 6.07) is 19.0. The van der Waals surface area contributed by atoms with Gasteiger partial charge < -0.3 is 4.74 Å². The van der Waals surface area contributed by atoms with E-state index in [-0.39, 0.29) is 10.8 Å². The van der Waals surface area contributed by atoms with Crippen molar-refractivity contribution in [2.24, 2.45) is 5.41 Å². The molecular weight excluding hydrogens is 268 g/mol. The Morgan fingerprint density at radius 3 is 2.00 bits per heavy atom. The Morgan fingerprint density at radius 2 is 1.41 bits per heavy atom. The molecule has 0 radical (unpaired) electrons. The molecule has 0 fully saturated rings. The number of rotatable bonds is 5. The largest absolute Gasteiger partial charge is 0.493 e. The maximum absolute atomic E-state index is 6.05. The average molecular weight is 296 g/mol. The summed E-state index contributed by atoms with van der Waals surface area (Å²) in [5, 5.41) is 0. The zero-order chi connectivity index (χ0) is 16.2. The van der Waals surface area contributed by atoms with Crippen LogP contribution >= 0.6 is 0 Å². The highest BCUT2D eigenvalue weighted by atomic mass is 16.5. The van der Waals surface area contributed by atoms with Crippen LogP contribution in [0.3, 0.4) is 0 Å². The van der Waals surface area contributed by atoms with Gasteiger partial charge in [-0.2, -0.15) is 0 Å². The minimum atomic E-state index is 0.0803. The molecule has 0 bridgehead atoms. The van der Waals surface area contributed by atoms with Crippen LogP contribution in [0.5, 0.6) is 5.75 Å². The standard InChI is InChI=1S/C21H28O/c1-17-11-9-10-14-19(17)22-16-15-21(5,20(2,3)4)18-12-7-6-8-13-18/h6-14H,15-16H2,1-5H3. The van der Waals surface area contributed by atoms with E-state index < -0.39 is 0 Å². The fourth-order valence-corrected chi connectivity index (χ4v) is 2.84. The van der Waals surface area contributed by atoms with Gasteiger partial charge in [-0.25, -0.2) is 0 Å². The maximum atomic E-state index is 6.05. The lowest BCUT2D eigenvalue weighted by atomic mass is 9.62. The number of hydrogen-bond acceptors (Lipinski definition) is 1. The van der Waals surface area contributed by atoms with Gasteiger partial charge in [-0.05, 0) is 36.0 Å². The van der Waals surface area contributed by atoms with Gasteiger partial charge in [0.1, 0.15) is 5.75 Å². The number of para-hydroxylation sites is 1. The molecule has 1 atom stereocenters. The van der Waals surface area contributed by atoms with Crippen LogP contribution in [0.15, 0.2) is 54.6 Å². The van der Waals surface area contributed by atoms with Crippen molar-refractivity contribution in [3.8, 4) is 5.75 Å². The molecule has 1 unspecified atom stereocenters. The summed E-state index contributed by atoms with van der Waals surface area (Å²) in [6.45, 7) is 12.1. The highest BCUT2D eigenvalue weighted by molar-refractivity contribution is 5.32. The quantitative estimate of drug-likeness (QED) is 0.680. The van der Waals surface area contributed by atoms with Crippen molar-refractivity contribution in [1.29, 1.82) is 0 Å². The van der Waals surface area contributed by atoms with Gasteiger partial charge in [0, 0.05) is 5.41 Å². The van der Waals surface area contributed by atoms with E-state index in [1.165, 1.54) is 11.1 Å². The second-order valence-corrected chi connectivity index (χ2v) is 7.31. The highest BCUT2D eigenvalue weighted by Crippen LogP contribution is 2.44.